The van der Waals surface area contributed by atoms with Crippen LogP contribution < -0.4 is 5.32 Å². The number of anilines is 1. The Hall–Kier alpha value is -1.12. The predicted molar refractivity (Wildman–Crippen MR) is 52.5 cm³/mol. The second kappa shape index (κ2) is 3.73. The molecule has 2 atom stereocenters. The molecule has 1 heterocycles. The van der Waals surface area contributed by atoms with Gasteiger partial charge in [-0.1, -0.05) is 6.92 Å². The van der Waals surface area contributed by atoms with Crippen LogP contribution in [0.1, 0.15) is 26.2 Å². The van der Waals surface area contributed by atoms with Crippen molar-refractivity contribution in [1.82, 2.24) is 9.97 Å². The quantitative estimate of drug-likeness (QED) is 0.751. The minimum absolute atomic E-state index is 0.581. The Morgan fingerprint density at radius 2 is 2.08 bits per heavy atom. The van der Waals surface area contributed by atoms with Crippen molar-refractivity contribution in [2.45, 2.75) is 32.2 Å². The molecule has 3 nitrogen and oxygen atoms in total. The van der Waals surface area contributed by atoms with Gasteiger partial charge in [-0.25, -0.2) is 9.97 Å². The Morgan fingerprint density at radius 3 is 2.69 bits per heavy atom. The molecule has 0 spiro atoms. The van der Waals surface area contributed by atoms with Gasteiger partial charge in [0.05, 0.1) is 0 Å². The molecule has 13 heavy (non-hydrogen) atoms. The average Bonchev–Trinajstić information content (AvgIpc) is 2.53. The van der Waals surface area contributed by atoms with Crippen LogP contribution in [0.4, 0.5) is 5.95 Å². The smallest absolute Gasteiger partial charge is 0.222 e. The van der Waals surface area contributed by atoms with Gasteiger partial charge in [0.25, 0.3) is 0 Å². The van der Waals surface area contributed by atoms with Crippen LogP contribution in [0.3, 0.4) is 0 Å². The Labute approximate surface area is 78.6 Å². The summed E-state index contributed by atoms with van der Waals surface area (Å²) >= 11 is 0. The van der Waals surface area contributed by atoms with Gasteiger partial charge < -0.3 is 5.32 Å². The van der Waals surface area contributed by atoms with Crippen molar-refractivity contribution in [1.29, 1.82) is 0 Å². The lowest BCUT2D eigenvalue weighted by molar-refractivity contribution is 0.602. The Balaban J connectivity index is 1.92. The van der Waals surface area contributed by atoms with Crippen LogP contribution in [0, 0.1) is 5.92 Å². The van der Waals surface area contributed by atoms with E-state index in [0.29, 0.717) is 6.04 Å². The Morgan fingerprint density at radius 1 is 1.31 bits per heavy atom. The molecule has 1 saturated carbocycles. The lowest BCUT2D eigenvalue weighted by atomic mass is 10.1. The molecule has 0 aromatic carbocycles. The fourth-order valence-electron chi connectivity index (χ4n) is 1.89. The number of rotatable bonds is 2. The molecule has 2 unspecified atom stereocenters. The zero-order valence-electron chi connectivity index (χ0n) is 7.90. The van der Waals surface area contributed by atoms with E-state index in [0.717, 1.165) is 11.9 Å². The molecule has 0 amide bonds. The average molecular weight is 177 g/mol. The Kier molecular flexibility index (Phi) is 2.43. The van der Waals surface area contributed by atoms with Crippen molar-refractivity contribution in [3.8, 4) is 0 Å². The van der Waals surface area contributed by atoms with Crippen LogP contribution in [-0.2, 0) is 0 Å². The SMILES string of the molecule is CC1CCC(Nc2ncccn2)C1. The lowest BCUT2D eigenvalue weighted by Crippen LogP contribution is -2.16. The molecule has 1 fully saturated rings. The van der Waals surface area contributed by atoms with Crippen LogP contribution in [0.5, 0.6) is 0 Å². The third-order valence-corrected chi connectivity index (χ3v) is 2.59. The largest absolute Gasteiger partial charge is 0.351 e. The van der Waals surface area contributed by atoms with Gasteiger partial charge in [0.15, 0.2) is 0 Å². The summed E-state index contributed by atoms with van der Waals surface area (Å²) in [4.78, 5) is 8.29. The summed E-state index contributed by atoms with van der Waals surface area (Å²) in [6, 6.07) is 2.42. The second-order valence-electron chi connectivity index (χ2n) is 3.83. The molecule has 1 N–H and O–H groups in total. The standard InChI is InChI=1S/C10H15N3/c1-8-3-4-9(7-8)13-10-11-5-2-6-12-10/h2,5-6,8-9H,3-4,7H2,1H3,(H,11,12,13). The fraction of sp³-hybridized carbons (Fsp3) is 0.600. The third kappa shape index (κ3) is 2.17. The minimum atomic E-state index is 0.581. The van der Waals surface area contributed by atoms with Crippen molar-refractivity contribution in [2.24, 2.45) is 5.92 Å². The molecule has 0 bridgehead atoms. The van der Waals surface area contributed by atoms with E-state index >= 15 is 0 Å². The summed E-state index contributed by atoms with van der Waals surface area (Å²) in [5.74, 6) is 1.61. The molecule has 70 valence electrons. The molecule has 0 radical (unpaired) electrons. The number of hydrogen-bond donors (Lipinski definition) is 1. The van der Waals surface area contributed by atoms with Gasteiger partial charge in [-0.3, -0.25) is 0 Å². The molecule has 1 aromatic heterocycles. The first-order chi connectivity index (χ1) is 6.34. The molecule has 0 aliphatic heterocycles. The van der Waals surface area contributed by atoms with Gasteiger partial charge in [-0.05, 0) is 31.2 Å². The van der Waals surface area contributed by atoms with Gasteiger partial charge in [0.1, 0.15) is 0 Å². The fourth-order valence-corrected chi connectivity index (χ4v) is 1.89. The van der Waals surface area contributed by atoms with E-state index in [9.17, 15) is 0 Å². The van der Waals surface area contributed by atoms with Crippen molar-refractivity contribution < 1.29 is 0 Å². The highest BCUT2D eigenvalue weighted by Crippen LogP contribution is 2.26. The van der Waals surface area contributed by atoms with Crippen LogP contribution in [0.15, 0.2) is 18.5 Å². The minimum Gasteiger partial charge on any atom is -0.351 e. The van der Waals surface area contributed by atoms with Crippen LogP contribution >= 0.6 is 0 Å². The first kappa shape index (κ1) is 8.48. The number of nitrogens with zero attached hydrogens (tertiary/aromatic N) is 2. The maximum absolute atomic E-state index is 4.15. The second-order valence-corrected chi connectivity index (χ2v) is 3.83. The summed E-state index contributed by atoms with van der Waals surface area (Å²) in [6.07, 6.45) is 7.36. The van der Waals surface area contributed by atoms with Crippen LogP contribution in [-0.4, -0.2) is 16.0 Å². The van der Waals surface area contributed by atoms with Crippen molar-refractivity contribution in [3.63, 3.8) is 0 Å². The van der Waals surface area contributed by atoms with Gasteiger partial charge in [0.2, 0.25) is 5.95 Å². The molecule has 2 rings (SSSR count). The number of nitrogens with one attached hydrogen (secondary N) is 1. The van der Waals surface area contributed by atoms with E-state index in [1.54, 1.807) is 12.4 Å². The summed E-state index contributed by atoms with van der Waals surface area (Å²) < 4.78 is 0. The van der Waals surface area contributed by atoms with E-state index < -0.39 is 0 Å². The monoisotopic (exact) mass is 177 g/mol. The summed E-state index contributed by atoms with van der Waals surface area (Å²) in [5.41, 5.74) is 0. The van der Waals surface area contributed by atoms with Crippen LogP contribution in [0.2, 0.25) is 0 Å². The molecule has 1 aliphatic rings. The Bertz CT molecular complexity index is 260. The zero-order valence-corrected chi connectivity index (χ0v) is 7.90. The molecular weight excluding hydrogens is 162 g/mol. The third-order valence-electron chi connectivity index (χ3n) is 2.59. The maximum atomic E-state index is 4.15. The van der Waals surface area contributed by atoms with E-state index in [4.69, 9.17) is 0 Å². The van der Waals surface area contributed by atoms with Crippen LogP contribution in [0.25, 0.3) is 0 Å². The number of aromatic nitrogens is 2. The van der Waals surface area contributed by atoms with E-state index in [2.05, 4.69) is 22.2 Å². The summed E-state index contributed by atoms with van der Waals surface area (Å²) in [5, 5.41) is 3.35. The van der Waals surface area contributed by atoms with Gasteiger partial charge in [0, 0.05) is 18.4 Å². The van der Waals surface area contributed by atoms with Gasteiger partial charge in [-0.15, -0.1) is 0 Å². The predicted octanol–water partition coefficient (Wildman–Crippen LogP) is 2.08. The summed E-state index contributed by atoms with van der Waals surface area (Å²) in [7, 11) is 0. The van der Waals surface area contributed by atoms with Gasteiger partial charge >= 0.3 is 0 Å². The van der Waals surface area contributed by atoms with Crippen molar-refractivity contribution >= 4 is 5.95 Å². The molecule has 0 saturated heterocycles. The maximum Gasteiger partial charge on any atom is 0.222 e. The highest BCUT2D eigenvalue weighted by molar-refractivity contribution is 5.24. The first-order valence-electron chi connectivity index (χ1n) is 4.88. The molecular formula is C10H15N3. The molecule has 1 aromatic rings. The van der Waals surface area contributed by atoms with Crippen molar-refractivity contribution in [3.05, 3.63) is 18.5 Å². The van der Waals surface area contributed by atoms with E-state index in [1.165, 1.54) is 19.3 Å². The highest BCUT2D eigenvalue weighted by atomic mass is 15.1. The normalized spacial score (nSPS) is 27.5. The van der Waals surface area contributed by atoms with Gasteiger partial charge in [-0.2, -0.15) is 0 Å². The first-order valence-corrected chi connectivity index (χ1v) is 4.88. The molecule has 1 aliphatic carbocycles. The molecule has 3 heteroatoms. The van der Waals surface area contributed by atoms with E-state index in [1.807, 2.05) is 6.07 Å². The number of hydrogen-bond acceptors (Lipinski definition) is 3. The van der Waals surface area contributed by atoms with Crippen molar-refractivity contribution in [2.75, 3.05) is 5.32 Å². The zero-order chi connectivity index (χ0) is 9.10. The lowest BCUT2D eigenvalue weighted by Gasteiger charge is -2.11. The summed E-state index contributed by atoms with van der Waals surface area (Å²) in [6.45, 7) is 2.30. The van der Waals surface area contributed by atoms with E-state index in [-0.39, 0.29) is 0 Å². The topological polar surface area (TPSA) is 37.8 Å². The highest BCUT2D eigenvalue weighted by Gasteiger charge is 2.21.